The monoisotopic (exact) mass is 527 g/mol. The summed E-state index contributed by atoms with van der Waals surface area (Å²) >= 11 is 0. The van der Waals surface area contributed by atoms with Gasteiger partial charge in [0.05, 0.1) is 24.4 Å². The molecule has 1 unspecified atom stereocenters. The second kappa shape index (κ2) is 12.6. The van der Waals surface area contributed by atoms with Gasteiger partial charge in [-0.05, 0) is 64.3 Å². The zero-order valence-electron chi connectivity index (χ0n) is 18.8. The largest absolute Gasteiger partial charge is 0.462 e. The number of hydrogen-bond donors (Lipinski definition) is 2. The van der Waals surface area contributed by atoms with E-state index in [1.54, 1.807) is 19.1 Å². The Morgan fingerprint density at radius 1 is 1.23 bits per heavy atom. The summed E-state index contributed by atoms with van der Waals surface area (Å²) in [5.74, 6) is 0.473. The Kier molecular flexibility index (Phi) is 10.9. The smallest absolute Gasteiger partial charge is 0.338 e. The first-order valence-electron chi connectivity index (χ1n) is 10.2. The molecule has 0 aliphatic carbocycles. The van der Waals surface area contributed by atoms with E-state index in [1.807, 2.05) is 37.7 Å². The molecule has 2 N–H and O–H groups in total. The number of aliphatic imine (C=N–C) groups is 1. The highest BCUT2D eigenvalue weighted by Gasteiger charge is 2.14. The standard InChI is InChI=1S/C22H33N5O2.HI/c1-7-23-22(25-15(3)13-20-16(4)26-27(6)17(20)5)24-14-18-9-11-19(12-10-18)21(28)29-8-2;/h9-12,15H,7-8,13-14H2,1-6H3,(H2,23,24,25);1H. The molecule has 0 aliphatic rings. The molecule has 0 amide bonds. The predicted octanol–water partition coefficient (Wildman–Crippen LogP) is 3.52. The maximum absolute atomic E-state index is 11.8. The summed E-state index contributed by atoms with van der Waals surface area (Å²) in [6.45, 7) is 11.8. The van der Waals surface area contributed by atoms with Crippen LogP contribution in [-0.4, -0.2) is 40.9 Å². The van der Waals surface area contributed by atoms with Gasteiger partial charge in [-0.3, -0.25) is 4.68 Å². The van der Waals surface area contributed by atoms with Crippen LogP contribution in [0, 0.1) is 13.8 Å². The van der Waals surface area contributed by atoms with Gasteiger partial charge in [-0.15, -0.1) is 24.0 Å². The number of halogens is 1. The minimum atomic E-state index is -0.299. The molecule has 0 bridgehead atoms. The number of guanidine groups is 1. The summed E-state index contributed by atoms with van der Waals surface area (Å²) in [6.07, 6.45) is 0.879. The highest BCUT2D eigenvalue weighted by Crippen LogP contribution is 2.14. The van der Waals surface area contributed by atoms with Crippen LogP contribution in [0.2, 0.25) is 0 Å². The zero-order valence-corrected chi connectivity index (χ0v) is 21.1. The van der Waals surface area contributed by atoms with Gasteiger partial charge in [0, 0.05) is 25.3 Å². The summed E-state index contributed by atoms with van der Waals surface area (Å²) in [4.78, 5) is 16.4. The molecule has 1 aromatic carbocycles. The van der Waals surface area contributed by atoms with Crippen molar-refractivity contribution in [2.24, 2.45) is 12.0 Å². The fourth-order valence-corrected chi connectivity index (χ4v) is 3.15. The quantitative estimate of drug-likeness (QED) is 0.238. The second-order valence-electron chi connectivity index (χ2n) is 7.14. The van der Waals surface area contributed by atoms with Crippen molar-refractivity contribution < 1.29 is 9.53 Å². The van der Waals surface area contributed by atoms with Gasteiger partial charge in [0.1, 0.15) is 0 Å². The van der Waals surface area contributed by atoms with Crippen LogP contribution in [0.15, 0.2) is 29.3 Å². The molecule has 1 aromatic heterocycles. The fraction of sp³-hybridized carbons (Fsp3) is 0.500. The average molecular weight is 527 g/mol. The molecule has 7 nitrogen and oxygen atoms in total. The average Bonchev–Trinajstić information content (AvgIpc) is 2.93. The minimum absolute atomic E-state index is 0. The lowest BCUT2D eigenvalue weighted by Crippen LogP contribution is -2.43. The third kappa shape index (κ3) is 7.30. The number of rotatable bonds is 8. The molecule has 1 atom stereocenters. The highest BCUT2D eigenvalue weighted by molar-refractivity contribution is 14.0. The second-order valence-corrected chi connectivity index (χ2v) is 7.14. The van der Waals surface area contributed by atoms with Gasteiger partial charge >= 0.3 is 5.97 Å². The number of benzene rings is 1. The summed E-state index contributed by atoms with van der Waals surface area (Å²) in [6, 6.07) is 7.58. The van der Waals surface area contributed by atoms with E-state index < -0.39 is 0 Å². The molecule has 0 spiro atoms. The van der Waals surface area contributed by atoms with Crippen molar-refractivity contribution in [2.75, 3.05) is 13.2 Å². The number of hydrogen-bond acceptors (Lipinski definition) is 4. The van der Waals surface area contributed by atoms with Crippen molar-refractivity contribution in [3.05, 3.63) is 52.3 Å². The molecule has 8 heteroatoms. The predicted molar refractivity (Wildman–Crippen MR) is 132 cm³/mol. The van der Waals surface area contributed by atoms with Crippen LogP contribution in [0.25, 0.3) is 0 Å². The van der Waals surface area contributed by atoms with E-state index in [9.17, 15) is 4.79 Å². The lowest BCUT2D eigenvalue weighted by molar-refractivity contribution is 0.0526. The van der Waals surface area contributed by atoms with Gasteiger partial charge < -0.3 is 15.4 Å². The first-order chi connectivity index (χ1) is 13.8. The Morgan fingerprint density at radius 2 is 1.90 bits per heavy atom. The van der Waals surface area contributed by atoms with Crippen LogP contribution in [-0.2, 0) is 24.8 Å². The number of carbonyl (C=O) groups excluding carboxylic acids is 1. The SMILES string of the molecule is CCNC(=NCc1ccc(C(=O)OCC)cc1)NC(C)Cc1c(C)nn(C)c1C.I. The van der Waals surface area contributed by atoms with Crippen LogP contribution in [0.4, 0.5) is 0 Å². The molecule has 1 heterocycles. The van der Waals surface area contributed by atoms with E-state index >= 15 is 0 Å². The fourth-order valence-electron chi connectivity index (χ4n) is 3.15. The van der Waals surface area contributed by atoms with Crippen molar-refractivity contribution in [1.82, 2.24) is 20.4 Å². The van der Waals surface area contributed by atoms with Crippen molar-refractivity contribution in [1.29, 1.82) is 0 Å². The number of carbonyl (C=O) groups is 1. The molecule has 0 aliphatic heterocycles. The van der Waals surface area contributed by atoms with E-state index in [-0.39, 0.29) is 36.0 Å². The Morgan fingerprint density at radius 3 is 2.43 bits per heavy atom. The molecular formula is C22H34IN5O2. The van der Waals surface area contributed by atoms with Gasteiger partial charge in [-0.25, -0.2) is 9.79 Å². The first-order valence-corrected chi connectivity index (χ1v) is 10.2. The highest BCUT2D eigenvalue weighted by atomic mass is 127. The Bertz CT molecular complexity index is 846. The van der Waals surface area contributed by atoms with Gasteiger partial charge in [0.2, 0.25) is 0 Å². The molecular weight excluding hydrogens is 493 g/mol. The van der Waals surface area contributed by atoms with Crippen LogP contribution >= 0.6 is 24.0 Å². The van der Waals surface area contributed by atoms with Crippen LogP contribution in [0.3, 0.4) is 0 Å². The van der Waals surface area contributed by atoms with Gasteiger partial charge in [0.25, 0.3) is 0 Å². The molecule has 2 rings (SSSR count). The summed E-state index contributed by atoms with van der Waals surface area (Å²) in [5, 5.41) is 11.3. The number of aromatic nitrogens is 2. The topological polar surface area (TPSA) is 80.5 Å². The lowest BCUT2D eigenvalue weighted by Gasteiger charge is -2.18. The van der Waals surface area contributed by atoms with Gasteiger partial charge in [-0.2, -0.15) is 5.10 Å². The van der Waals surface area contributed by atoms with Crippen molar-refractivity contribution in [2.45, 2.75) is 53.6 Å². The molecule has 30 heavy (non-hydrogen) atoms. The molecule has 2 aromatic rings. The van der Waals surface area contributed by atoms with E-state index in [1.165, 1.54) is 11.3 Å². The van der Waals surface area contributed by atoms with E-state index in [0.29, 0.717) is 18.7 Å². The third-order valence-electron chi connectivity index (χ3n) is 4.78. The van der Waals surface area contributed by atoms with E-state index in [2.05, 4.69) is 34.6 Å². The Balaban J connectivity index is 0.00000450. The summed E-state index contributed by atoms with van der Waals surface area (Å²) in [5.41, 5.74) is 5.13. The number of nitrogens with zero attached hydrogens (tertiary/aromatic N) is 3. The number of aryl methyl sites for hydroxylation is 2. The molecule has 0 radical (unpaired) electrons. The Hall–Kier alpha value is -2.10. The van der Waals surface area contributed by atoms with Crippen LogP contribution < -0.4 is 10.6 Å². The van der Waals surface area contributed by atoms with Crippen LogP contribution in [0.1, 0.15) is 53.6 Å². The Labute approximate surface area is 196 Å². The number of nitrogens with one attached hydrogen (secondary N) is 2. The van der Waals surface area contributed by atoms with Crippen molar-refractivity contribution in [3.8, 4) is 0 Å². The minimum Gasteiger partial charge on any atom is -0.462 e. The molecule has 0 saturated carbocycles. The van der Waals surface area contributed by atoms with E-state index in [0.717, 1.165) is 30.2 Å². The van der Waals surface area contributed by atoms with Crippen molar-refractivity contribution >= 4 is 35.9 Å². The maximum Gasteiger partial charge on any atom is 0.338 e. The van der Waals surface area contributed by atoms with Crippen LogP contribution in [0.5, 0.6) is 0 Å². The zero-order chi connectivity index (χ0) is 21.4. The number of esters is 1. The van der Waals surface area contributed by atoms with Crippen molar-refractivity contribution in [3.63, 3.8) is 0 Å². The normalized spacial score (nSPS) is 12.1. The third-order valence-corrected chi connectivity index (χ3v) is 4.78. The molecule has 166 valence electrons. The van der Waals surface area contributed by atoms with E-state index in [4.69, 9.17) is 4.74 Å². The molecule has 0 saturated heterocycles. The summed E-state index contributed by atoms with van der Waals surface area (Å²) < 4.78 is 6.94. The van der Waals surface area contributed by atoms with Gasteiger partial charge in [-0.1, -0.05) is 12.1 Å². The summed E-state index contributed by atoms with van der Waals surface area (Å²) in [7, 11) is 1.97. The van der Waals surface area contributed by atoms with Gasteiger partial charge in [0.15, 0.2) is 5.96 Å². The lowest BCUT2D eigenvalue weighted by atomic mass is 10.1. The molecule has 0 fully saturated rings. The number of ether oxygens (including phenoxy) is 1. The first kappa shape index (κ1) is 25.9. The maximum atomic E-state index is 11.8.